The lowest BCUT2D eigenvalue weighted by molar-refractivity contribution is 0.0965. The van der Waals surface area contributed by atoms with Gasteiger partial charge >= 0.3 is 0 Å². The normalized spacial score (nSPS) is 10.7. The Morgan fingerprint density at radius 3 is 2.67 bits per heavy atom. The maximum atomic E-state index is 12.4. The molecule has 27 heavy (non-hydrogen) atoms. The van der Waals surface area contributed by atoms with Crippen molar-refractivity contribution in [2.24, 2.45) is 0 Å². The Bertz CT molecular complexity index is 1010. The van der Waals surface area contributed by atoms with Gasteiger partial charge in [-0.15, -0.1) is 11.3 Å². The lowest BCUT2D eigenvalue weighted by Crippen LogP contribution is -2.16. The maximum Gasteiger partial charge on any atom is 0.262 e. The molecule has 7 heteroatoms. The molecule has 0 bridgehead atoms. The molecule has 2 aromatic carbocycles. The van der Waals surface area contributed by atoms with Gasteiger partial charge in [0.2, 0.25) is 0 Å². The van der Waals surface area contributed by atoms with Gasteiger partial charge in [-0.3, -0.25) is 9.59 Å². The zero-order chi connectivity index (χ0) is 19.2. The summed E-state index contributed by atoms with van der Waals surface area (Å²) < 4.78 is 0. The highest BCUT2D eigenvalue weighted by atomic mass is 35.5. The molecule has 3 aromatic rings. The molecule has 0 unspecified atom stereocenters. The number of hydrogen-bond donors (Lipinski definition) is 2. The second-order valence-electron chi connectivity index (χ2n) is 5.53. The van der Waals surface area contributed by atoms with Gasteiger partial charge in [0.1, 0.15) is 9.88 Å². The number of carbonyl (C=O) groups is 2. The number of aromatic nitrogens is 1. The van der Waals surface area contributed by atoms with Crippen molar-refractivity contribution in [1.29, 1.82) is 0 Å². The topological polar surface area (TPSA) is 71.1 Å². The third kappa shape index (κ3) is 4.81. The molecule has 0 aliphatic rings. The Hall–Kier alpha value is -2.96. The van der Waals surface area contributed by atoms with E-state index >= 15 is 0 Å². The van der Waals surface area contributed by atoms with Crippen LogP contribution in [0.25, 0.3) is 12.2 Å². The fourth-order valence-corrected chi connectivity index (χ4v) is 3.31. The molecule has 0 saturated heterocycles. The fraction of sp³-hybridized carbons (Fsp3) is 0.0500. The van der Waals surface area contributed by atoms with E-state index in [4.69, 9.17) is 11.6 Å². The summed E-state index contributed by atoms with van der Waals surface area (Å²) in [5.74, 6) is -0.423. The summed E-state index contributed by atoms with van der Waals surface area (Å²) in [4.78, 5) is 28.7. The molecule has 136 valence electrons. The zero-order valence-electron chi connectivity index (χ0n) is 14.4. The van der Waals surface area contributed by atoms with E-state index in [1.54, 1.807) is 43.6 Å². The third-order valence-electron chi connectivity index (χ3n) is 3.66. The van der Waals surface area contributed by atoms with Crippen molar-refractivity contribution in [2.75, 3.05) is 12.4 Å². The van der Waals surface area contributed by atoms with Gasteiger partial charge in [0, 0.05) is 12.7 Å². The lowest BCUT2D eigenvalue weighted by atomic mass is 10.1. The molecule has 0 atom stereocenters. The van der Waals surface area contributed by atoms with E-state index in [2.05, 4.69) is 15.6 Å². The third-order valence-corrected chi connectivity index (χ3v) is 4.95. The van der Waals surface area contributed by atoms with Crippen LogP contribution in [0.1, 0.15) is 30.6 Å². The highest BCUT2D eigenvalue weighted by Crippen LogP contribution is 2.20. The maximum absolute atomic E-state index is 12.4. The Balaban J connectivity index is 1.72. The monoisotopic (exact) mass is 397 g/mol. The van der Waals surface area contributed by atoms with E-state index in [-0.39, 0.29) is 11.8 Å². The van der Waals surface area contributed by atoms with Gasteiger partial charge in [-0.05, 0) is 35.9 Å². The van der Waals surface area contributed by atoms with Gasteiger partial charge in [-0.1, -0.05) is 41.9 Å². The Morgan fingerprint density at radius 1 is 1.07 bits per heavy atom. The largest absolute Gasteiger partial charge is 0.354 e. The van der Waals surface area contributed by atoms with Crippen molar-refractivity contribution in [3.05, 3.63) is 80.8 Å². The highest BCUT2D eigenvalue weighted by molar-refractivity contribution is 7.14. The van der Waals surface area contributed by atoms with Crippen molar-refractivity contribution in [3.63, 3.8) is 0 Å². The summed E-state index contributed by atoms with van der Waals surface area (Å²) in [6.45, 7) is 0. The molecule has 2 N–H and O–H groups in total. The van der Waals surface area contributed by atoms with Crippen LogP contribution in [0.2, 0.25) is 5.02 Å². The van der Waals surface area contributed by atoms with E-state index in [0.29, 0.717) is 21.2 Å². The summed E-state index contributed by atoms with van der Waals surface area (Å²) in [7, 11) is 1.58. The van der Waals surface area contributed by atoms with Crippen molar-refractivity contribution in [1.82, 2.24) is 10.3 Å². The minimum absolute atomic E-state index is 0.156. The molecular formula is C20H16ClN3O2S. The van der Waals surface area contributed by atoms with Gasteiger partial charge < -0.3 is 10.6 Å². The van der Waals surface area contributed by atoms with Gasteiger partial charge in [-0.2, -0.15) is 0 Å². The Kier molecular flexibility index (Phi) is 6.01. The van der Waals surface area contributed by atoms with Crippen LogP contribution < -0.4 is 10.6 Å². The molecule has 0 spiro atoms. The number of benzene rings is 2. The van der Waals surface area contributed by atoms with Crippen LogP contribution in [0.4, 0.5) is 5.69 Å². The van der Waals surface area contributed by atoms with E-state index in [9.17, 15) is 9.59 Å². The fourth-order valence-electron chi connectivity index (χ4n) is 2.32. The second kappa shape index (κ2) is 8.62. The molecule has 0 aliphatic carbocycles. The average molecular weight is 398 g/mol. The standard InChI is InChI=1S/C20H16ClN3O2S/c1-22-20(26)17-12-23-18(27-17)10-9-13-5-4-6-14(11-13)24-19(25)15-7-2-3-8-16(15)21/h2-12H,1H3,(H,22,26)(H,24,25). The first-order chi connectivity index (χ1) is 13.1. The number of nitrogens with zero attached hydrogens (tertiary/aromatic N) is 1. The summed E-state index contributed by atoms with van der Waals surface area (Å²) >= 11 is 7.37. The minimum Gasteiger partial charge on any atom is -0.354 e. The van der Waals surface area contributed by atoms with Crippen LogP contribution in [-0.2, 0) is 0 Å². The Morgan fingerprint density at radius 2 is 1.89 bits per heavy atom. The number of rotatable bonds is 5. The van der Waals surface area contributed by atoms with E-state index < -0.39 is 0 Å². The first kappa shape index (κ1) is 18.8. The van der Waals surface area contributed by atoms with Gasteiger partial charge in [-0.25, -0.2) is 4.98 Å². The molecule has 0 saturated carbocycles. The predicted molar refractivity (Wildman–Crippen MR) is 110 cm³/mol. The van der Waals surface area contributed by atoms with Crippen LogP contribution in [0, 0.1) is 0 Å². The number of hydrogen-bond acceptors (Lipinski definition) is 4. The van der Waals surface area contributed by atoms with E-state index in [1.807, 2.05) is 30.4 Å². The van der Waals surface area contributed by atoms with E-state index in [0.717, 1.165) is 10.6 Å². The van der Waals surface area contributed by atoms with Gasteiger partial charge in [0.05, 0.1) is 16.8 Å². The summed E-state index contributed by atoms with van der Waals surface area (Å²) in [6, 6.07) is 14.3. The van der Waals surface area contributed by atoms with Crippen molar-refractivity contribution in [3.8, 4) is 0 Å². The summed E-state index contributed by atoms with van der Waals surface area (Å²) in [5, 5.41) is 6.54. The number of thiazole rings is 1. The van der Waals surface area contributed by atoms with Crippen LogP contribution >= 0.6 is 22.9 Å². The molecule has 5 nitrogen and oxygen atoms in total. The first-order valence-electron chi connectivity index (χ1n) is 8.09. The zero-order valence-corrected chi connectivity index (χ0v) is 16.0. The van der Waals surface area contributed by atoms with Crippen molar-refractivity contribution < 1.29 is 9.59 Å². The summed E-state index contributed by atoms with van der Waals surface area (Å²) in [5.41, 5.74) is 1.97. The number of halogens is 1. The number of nitrogens with one attached hydrogen (secondary N) is 2. The number of anilines is 1. The van der Waals surface area contributed by atoms with Crippen molar-refractivity contribution >= 4 is 52.6 Å². The van der Waals surface area contributed by atoms with Crippen molar-refractivity contribution in [2.45, 2.75) is 0 Å². The first-order valence-corrected chi connectivity index (χ1v) is 9.28. The quantitative estimate of drug-likeness (QED) is 0.662. The average Bonchev–Trinajstić information content (AvgIpc) is 3.15. The molecule has 2 amide bonds. The highest BCUT2D eigenvalue weighted by Gasteiger charge is 2.10. The number of amides is 2. The lowest BCUT2D eigenvalue weighted by Gasteiger charge is -2.07. The molecule has 3 rings (SSSR count). The van der Waals surface area contributed by atoms with Gasteiger partial charge in [0.15, 0.2) is 0 Å². The molecule has 1 heterocycles. The van der Waals surface area contributed by atoms with Crippen LogP contribution in [-0.4, -0.2) is 23.8 Å². The molecule has 0 fully saturated rings. The molecule has 1 aromatic heterocycles. The second-order valence-corrected chi connectivity index (χ2v) is 7.00. The number of carbonyl (C=O) groups excluding carboxylic acids is 2. The van der Waals surface area contributed by atoms with Gasteiger partial charge in [0.25, 0.3) is 11.8 Å². The van der Waals surface area contributed by atoms with Crippen LogP contribution in [0.15, 0.2) is 54.7 Å². The SMILES string of the molecule is CNC(=O)c1cnc(C=Cc2cccc(NC(=O)c3ccccc3Cl)c2)s1. The Labute approximate surface area is 165 Å². The van der Waals surface area contributed by atoms with Crippen LogP contribution in [0.5, 0.6) is 0 Å². The smallest absolute Gasteiger partial charge is 0.262 e. The predicted octanol–water partition coefficient (Wildman–Crippen LogP) is 4.58. The van der Waals surface area contributed by atoms with Crippen LogP contribution in [0.3, 0.4) is 0 Å². The minimum atomic E-state index is -0.267. The summed E-state index contributed by atoms with van der Waals surface area (Å²) in [6.07, 6.45) is 5.24. The van der Waals surface area contributed by atoms with E-state index in [1.165, 1.54) is 11.3 Å². The molecular weight excluding hydrogens is 382 g/mol. The molecule has 0 aliphatic heterocycles. The molecule has 0 radical (unpaired) electrons.